The molecule has 0 radical (unpaired) electrons. The number of halogens is 2. The molecule has 0 aliphatic heterocycles. The van der Waals surface area contributed by atoms with E-state index in [1.165, 1.54) is 6.07 Å². The zero-order chi connectivity index (χ0) is 11.1. The molecule has 2 nitrogen and oxygen atoms in total. The molecule has 84 valence electrons. The van der Waals surface area contributed by atoms with Crippen LogP contribution in [0.4, 0.5) is 4.39 Å². The number of rotatable bonds is 6. The predicted molar refractivity (Wildman–Crippen MR) is 60.7 cm³/mol. The Bertz CT molecular complexity index is 305. The summed E-state index contributed by atoms with van der Waals surface area (Å²) in [7, 11) is 1.66. The molecular formula is C11H14BrFO2. The van der Waals surface area contributed by atoms with Crippen molar-refractivity contribution in [3.63, 3.8) is 0 Å². The third-order valence-corrected chi connectivity index (χ3v) is 2.39. The highest BCUT2D eigenvalue weighted by atomic mass is 79.9. The minimum Gasteiger partial charge on any atom is -0.490 e. The van der Waals surface area contributed by atoms with Crippen molar-refractivity contribution < 1.29 is 13.9 Å². The van der Waals surface area contributed by atoms with Gasteiger partial charge in [0, 0.05) is 18.2 Å². The Morgan fingerprint density at radius 3 is 2.73 bits per heavy atom. The van der Waals surface area contributed by atoms with E-state index in [4.69, 9.17) is 9.47 Å². The molecule has 0 aliphatic carbocycles. The number of benzene rings is 1. The normalized spacial score (nSPS) is 10.3. The van der Waals surface area contributed by atoms with Crippen molar-refractivity contribution in [3.8, 4) is 5.75 Å². The summed E-state index contributed by atoms with van der Waals surface area (Å²) in [6.45, 7) is 1.22. The first-order valence-corrected chi connectivity index (χ1v) is 5.60. The quantitative estimate of drug-likeness (QED) is 0.742. The van der Waals surface area contributed by atoms with E-state index in [9.17, 15) is 4.39 Å². The second kappa shape index (κ2) is 6.80. The van der Waals surface area contributed by atoms with Crippen LogP contribution in [0.3, 0.4) is 0 Å². The first-order chi connectivity index (χ1) is 7.24. The summed E-state index contributed by atoms with van der Waals surface area (Å²) in [5, 5.41) is 0. The lowest BCUT2D eigenvalue weighted by Crippen LogP contribution is -2.01. The molecular weight excluding hydrogens is 263 g/mol. The number of methoxy groups -OCH3 is 1. The minimum absolute atomic E-state index is 0.293. The molecule has 0 aliphatic rings. The molecule has 0 aromatic heterocycles. The van der Waals surface area contributed by atoms with Gasteiger partial charge < -0.3 is 9.47 Å². The van der Waals surface area contributed by atoms with E-state index >= 15 is 0 Å². The maximum absolute atomic E-state index is 13.2. The van der Waals surface area contributed by atoms with Gasteiger partial charge in [-0.1, -0.05) is 15.9 Å². The summed E-state index contributed by atoms with van der Waals surface area (Å²) in [6, 6.07) is 4.66. The number of hydrogen-bond acceptors (Lipinski definition) is 2. The molecule has 0 saturated carbocycles. The maximum Gasteiger partial charge on any atom is 0.165 e. The van der Waals surface area contributed by atoms with Crippen molar-refractivity contribution in [1.29, 1.82) is 0 Å². The van der Waals surface area contributed by atoms with Crippen LogP contribution in [0.1, 0.15) is 12.8 Å². The molecule has 4 heteroatoms. The summed E-state index contributed by atoms with van der Waals surface area (Å²) in [4.78, 5) is 0. The summed E-state index contributed by atoms with van der Waals surface area (Å²) < 4.78 is 24.2. The van der Waals surface area contributed by atoms with Gasteiger partial charge in [0.05, 0.1) is 6.61 Å². The third kappa shape index (κ3) is 4.62. The average Bonchev–Trinajstić information content (AvgIpc) is 2.23. The molecule has 0 saturated heterocycles. The highest BCUT2D eigenvalue weighted by Gasteiger charge is 2.03. The smallest absolute Gasteiger partial charge is 0.165 e. The van der Waals surface area contributed by atoms with E-state index in [1.54, 1.807) is 19.2 Å². The van der Waals surface area contributed by atoms with E-state index in [-0.39, 0.29) is 5.82 Å². The predicted octanol–water partition coefficient (Wildman–Crippen LogP) is 3.39. The molecule has 1 rings (SSSR count). The Labute approximate surface area is 97.5 Å². The molecule has 0 spiro atoms. The van der Waals surface area contributed by atoms with Gasteiger partial charge in [-0.3, -0.25) is 0 Å². The highest BCUT2D eigenvalue weighted by Crippen LogP contribution is 2.22. The van der Waals surface area contributed by atoms with Crippen LogP contribution in [0, 0.1) is 5.82 Å². The van der Waals surface area contributed by atoms with Gasteiger partial charge in [-0.15, -0.1) is 0 Å². The Hall–Kier alpha value is -0.610. The molecule has 0 unspecified atom stereocenters. The fourth-order valence-electron chi connectivity index (χ4n) is 1.12. The molecule has 1 aromatic carbocycles. The van der Waals surface area contributed by atoms with Gasteiger partial charge in [0.1, 0.15) is 0 Å². The lowest BCUT2D eigenvalue weighted by atomic mass is 10.3. The molecule has 0 atom stereocenters. The molecule has 1 aromatic rings. The van der Waals surface area contributed by atoms with E-state index in [0.29, 0.717) is 19.0 Å². The maximum atomic E-state index is 13.2. The van der Waals surface area contributed by atoms with Crippen molar-refractivity contribution in [2.45, 2.75) is 12.8 Å². The number of unbranched alkanes of at least 4 members (excludes halogenated alkanes) is 1. The van der Waals surface area contributed by atoms with Crippen LogP contribution in [0.5, 0.6) is 5.75 Å². The Morgan fingerprint density at radius 2 is 2.00 bits per heavy atom. The zero-order valence-corrected chi connectivity index (χ0v) is 10.2. The van der Waals surface area contributed by atoms with Crippen molar-refractivity contribution in [2.75, 3.05) is 20.3 Å². The van der Waals surface area contributed by atoms with Gasteiger partial charge in [0.25, 0.3) is 0 Å². The lowest BCUT2D eigenvalue weighted by molar-refractivity contribution is 0.183. The summed E-state index contributed by atoms with van der Waals surface area (Å²) in [6.07, 6.45) is 1.78. The SMILES string of the molecule is COCCCCOc1cc(Br)ccc1F. The molecule has 0 N–H and O–H groups in total. The van der Waals surface area contributed by atoms with E-state index in [0.717, 1.165) is 17.3 Å². The fourth-order valence-corrected chi connectivity index (χ4v) is 1.46. The summed E-state index contributed by atoms with van der Waals surface area (Å²) in [5.41, 5.74) is 0. The van der Waals surface area contributed by atoms with Crippen LogP contribution in [-0.4, -0.2) is 20.3 Å². The number of ether oxygens (including phenoxy) is 2. The molecule has 15 heavy (non-hydrogen) atoms. The molecule has 0 fully saturated rings. The van der Waals surface area contributed by atoms with Crippen molar-refractivity contribution in [3.05, 3.63) is 28.5 Å². The van der Waals surface area contributed by atoms with Gasteiger partial charge in [-0.2, -0.15) is 0 Å². The van der Waals surface area contributed by atoms with Gasteiger partial charge >= 0.3 is 0 Å². The number of hydrogen-bond donors (Lipinski definition) is 0. The third-order valence-electron chi connectivity index (χ3n) is 1.89. The standard InChI is InChI=1S/C11H14BrFO2/c1-14-6-2-3-7-15-11-8-9(12)4-5-10(11)13/h4-5,8H,2-3,6-7H2,1H3. The molecule has 0 bridgehead atoms. The average molecular weight is 277 g/mol. The Kier molecular flexibility index (Phi) is 5.65. The first-order valence-electron chi connectivity index (χ1n) is 4.81. The lowest BCUT2D eigenvalue weighted by Gasteiger charge is -2.07. The van der Waals surface area contributed by atoms with Gasteiger partial charge in [-0.05, 0) is 31.0 Å². The van der Waals surface area contributed by atoms with Gasteiger partial charge in [0.2, 0.25) is 0 Å². The van der Waals surface area contributed by atoms with Crippen LogP contribution in [-0.2, 0) is 4.74 Å². The second-order valence-electron chi connectivity index (χ2n) is 3.12. The van der Waals surface area contributed by atoms with Crippen LogP contribution < -0.4 is 4.74 Å². The topological polar surface area (TPSA) is 18.5 Å². The zero-order valence-electron chi connectivity index (χ0n) is 8.63. The van der Waals surface area contributed by atoms with Crippen molar-refractivity contribution >= 4 is 15.9 Å². The summed E-state index contributed by atoms with van der Waals surface area (Å²) in [5.74, 6) is -0.0354. The van der Waals surface area contributed by atoms with E-state index in [2.05, 4.69) is 15.9 Å². The van der Waals surface area contributed by atoms with Crippen molar-refractivity contribution in [2.24, 2.45) is 0 Å². The van der Waals surface area contributed by atoms with E-state index < -0.39 is 0 Å². The first kappa shape index (κ1) is 12.5. The molecule has 0 heterocycles. The molecule has 0 amide bonds. The Balaban J connectivity index is 2.33. The van der Waals surface area contributed by atoms with Crippen LogP contribution in [0.2, 0.25) is 0 Å². The van der Waals surface area contributed by atoms with Gasteiger partial charge in [0.15, 0.2) is 11.6 Å². The van der Waals surface area contributed by atoms with E-state index in [1.807, 2.05) is 0 Å². The monoisotopic (exact) mass is 276 g/mol. The van der Waals surface area contributed by atoms with Crippen molar-refractivity contribution in [1.82, 2.24) is 0 Å². The Morgan fingerprint density at radius 1 is 1.27 bits per heavy atom. The fraction of sp³-hybridized carbons (Fsp3) is 0.455. The van der Waals surface area contributed by atoms with Crippen LogP contribution in [0.15, 0.2) is 22.7 Å². The van der Waals surface area contributed by atoms with Crippen LogP contribution >= 0.6 is 15.9 Å². The van der Waals surface area contributed by atoms with Crippen LogP contribution in [0.25, 0.3) is 0 Å². The second-order valence-corrected chi connectivity index (χ2v) is 4.04. The van der Waals surface area contributed by atoms with Gasteiger partial charge in [-0.25, -0.2) is 4.39 Å². The minimum atomic E-state index is -0.329. The largest absolute Gasteiger partial charge is 0.490 e. The summed E-state index contributed by atoms with van der Waals surface area (Å²) >= 11 is 3.26. The highest BCUT2D eigenvalue weighted by molar-refractivity contribution is 9.10.